The van der Waals surface area contributed by atoms with Crippen LogP contribution < -0.4 is 5.32 Å². The Labute approximate surface area is 133 Å². The van der Waals surface area contributed by atoms with E-state index in [1.807, 2.05) is 28.8 Å². The molecule has 0 aliphatic carbocycles. The van der Waals surface area contributed by atoms with Crippen LogP contribution in [0.4, 0.5) is 5.82 Å². The third-order valence-electron chi connectivity index (χ3n) is 3.77. The summed E-state index contributed by atoms with van der Waals surface area (Å²) in [5.41, 5.74) is 0.823. The van der Waals surface area contributed by atoms with Crippen molar-refractivity contribution in [2.75, 3.05) is 24.7 Å². The standard InChI is InChI=1S/C15H19N5OS/c1-22-8-5-13(21)20-7-2-3-11(9-20)19-15-12-4-6-16-14(12)17-10-18-15/h4-6,8,10-11H,2-3,7,9H2,1H3,(H2,16,17,18,19)/t11-/m1/s1. The van der Waals surface area contributed by atoms with E-state index < -0.39 is 0 Å². The molecule has 1 atom stereocenters. The number of nitrogens with one attached hydrogen (secondary N) is 2. The molecule has 0 bridgehead atoms. The summed E-state index contributed by atoms with van der Waals surface area (Å²) < 4.78 is 0. The molecular formula is C15H19N5OS. The Kier molecular flexibility index (Phi) is 4.62. The minimum Gasteiger partial charge on any atom is -0.365 e. The smallest absolute Gasteiger partial charge is 0.247 e. The summed E-state index contributed by atoms with van der Waals surface area (Å²) in [7, 11) is 0. The van der Waals surface area contributed by atoms with Crippen LogP contribution in [-0.2, 0) is 4.79 Å². The highest BCUT2D eigenvalue weighted by molar-refractivity contribution is 8.01. The first-order chi connectivity index (χ1) is 10.8. The fraction of sp³-hybridized carbons (Fsp3) is 0.400. The van der Waals surface area contributed by atoms with E-state index in [-0.39, 0.29) is 11.9 Å². The maximum Gasteiger partial charge on any atom is 0.247 e. The van der Waals surface area contributed by atoms with Gasteiger partial charge in [-0.1, -0.05) is 0 Å². The maximum absolute atomic E-state index is 12.1. The van der Waals surface area contributed by atoms with Gasteiger partial charge in [-0.3, -0.25) is 4.79 Å². The number of carbonyl (C=O) groups excluding carboxylic acids is 1. The van der Waals surface area contributed by atoms with E-state index in [0.717, 1.165) is 36.2 Å². The van der Waals surface area contributed by atoms with Crippen molar-refractivity contribution in [3.8, 4) is 0 Å². The molecule has 1 fully saturated rings. The summed E-state index contributed by atoms with van der Waals surface area (Å²) >= 11 is 1.54. The number of amides is 1. The zero-order chi connectivity index (χ0) is 15.4. The molecule has 7 heteroatoms. The number of nitrogens with zero attached hydrogens (tertiary/aromatic N) is 3. The molecule has 0 radical (unpaired) electrons. The molecule has 22 heavy (non-hydrogen) atoms. The van der Waals surface area contributed by atoms with Gasteiger partial charge in [0.05, 0.1) is 5.39 Å². The maximum atomic E-state index is 12.1. The molecule has 3 rings (SSSR count). The molecular weight excluding hydrogens is 298 g/mol. The molecule has 2 aromatic heterocycles. The van der Waals surface area contributed by atoms with Crippen LogP contribution in [0, 0.1) is 0 Å². The van der Waals surface area contributed by atoms with Crippen LogP contribution in [0.3, 0.4) is 0 Å². The highest BCUT2D eigenvalue weighted by Crippen LogP contribution is 2.21. The van der Waals surface area contributed by atoms with Gasteiger partial charge in [0.15, 0.2) is 0 Å². The minimum atomic E-state index is 0.0790. The number of anilines is 1. The molecule has 2 N–H and O–H groups in total. The van der Waals surface area contributed by atoms with Crippen molar-refractivity contribution in [3.63, 3.8) is 0 Å². The monoisotopic (exact) mass is 317 g/mol. The van der Waals surface area contributed by atoms with Crippen molar-refractivity contribution in [2.45, 2.75) is 18.9 Å². The Bertz CT molecular complexity index is 683. The van der Waals surface area contributed by atoms with Gasteiger partial charge in [-0.2, -0.15) is 0 Å². The van der Waals surface area contributed by atoms with Gasteiger partial charge in [-0.05, 0) is 30.6 Å². The second-order valence-electron chi connectivity index (χ2n) is 5.27. The number of hydrogen-bond donors (Lipinski definition) is 2. The van der Waals surface area contributed by atoms with Crippen molar-refractivity contribution in [1.82, 2.24) is 19.9 Å². The van der Waals surface area contributed by atoms with Crippen molar-refractivity contribution in [2.24, 2.45) is 0 Å². The van der Waals surface area contributed by atoms with E-state index in [4.69, 9.17) is 0 Å². The molecule has 1 aliphatic heterocycles. The van der Waals surface area contributed by atoms with Crippen molar-refractivity contribution in [1.29, 1.82) is 0 Å². The summed E-state index contributed by atoms with van der Waals surface area (Å²) in [6.07, 6.45) is 9.02. The fourth-order valence-corrected chi connectivity index (χ4v) is 2.96. The first-order valence-electron chi connectivity index (χ1n) is 7.31. The van der Waals surface area contributed by atoms with Crippen LogP contribution in [-0.4, -0.2) is 51.1 Å². The van der Waals surface area contributed by atoms with Gasteiger partial charge >= 0.3 is 0 Å². The van der Waals surface area contributed by atoms with Crippen molar-refractivity contribution < 1.29 is 4.79 Å². The lowest BCUT2D eigenvalue weighted by Gasteiger charge is -2.32. The second kappa shape index (κ2) is 6.83. The molecule has 1 aliphatic rings. The van der Waals surface area contributed by atoms with E-state index in [9.17, 15) is 4.79 Å². The molecule has 0 aromatic carbocycles. The average Bonchev–Trinajstić information content (AvgIpc) is 3.02. The van der Waals surface area contributed by atoms with Gasteiger partial charge in [-0.15, -0.1) is 11.8 Å². The Morgan fingerprint density at radius 1 is 1.55 bits per heavy atom. The van der Waals surface area contributed by atoms with Gasteiger partial charge in [0, 0.05) is 31.4 Å². The number of H-pyrrole nitrogens is 1. The van der Waals surface area contributed by atoms with Crippen molar-refractivity contribution >= 4 is 34.5 Å². The quantitative estimate of drug-likeness (QED) is 0.846. The number of piperidine rings is 1. The first kappa shape index (κ1) is 14.9. The normalized spacial score (nSPS) is 19.0. The predicted molar refractivity (Wildman–Crippen MR) is 89.8 cm³/mol. The predicted octanol–water partition coefficient (Wildman–Crippen LogP) is 2.24. The summed E-state index contributed by atoms with van der Waals surface area (Å²) in [6.45, 7) is 1.52. The van der Waals surface area contributed by atoms with E-state index in [1.165, 1.54) is 11.8 Å². The first-order valence-corrected chi connectivity index (χ1v) is 8.59. The molecule has 116 valence electrons. The lowest BCUT2D eigenvalue weighted by molar-refractivity contribution is -0.127. The van der Waals surface area contributed by atoms with E-state index in [2.05, 4.69) is 20.3 Å². The zero-order valence-corrected chi connectivity index (χ0v) is 13.3. The number of aromatic amines is 1. The van der Waals surface area contributed by atoms with E-state index in [1.54, 1.807) is 12.4 Å². The van der Waals surface area contributed by atoms with E-state index in [0.29, 0.717) is 6.54 Å². The number of rotatable bonds is 4. The van der Waals surface area contributed by atoms with Crippen LogP contribution in [0.2, 0.25) is 0 Å². The molecule has 0 spiro atoms. The number of thioether (sulfide) groups is 1. The Morgan fingerprint density at radius 2 is 2.45 bits per heavy atom. The van der Waals surface area contributed by atoms with Crippen LogP contribution in [0.1, 0.15) is 12.8 Å². The van der Waals surface area contributed by atoms with Gasteiger partial charge < -0.3 is 15.2 Å². The van der Waals surface area contributed by atoms with Gasteiger partial charge in [0.25, 0.3) is 0 Å². The SMILES string of the molecule is CSC=CC(=O)N1CCC[C@@H](Nc2ncnc3[nH]ccc23)C1. The Balaban J connectivity index is 1.69. The third-order valence-corrected chi connectivity index (χ3v) is 4.18. The van der Waals surface area contributed by atoms with Gasteiger partial charge in [-0.25, -0.2) is 9.97 Å². The highest BCUT2D eigenvalue weighted by atomic mass is 32.2. The number of aromatic nitrogens is 3. The highest BCUT2D eigenvalue weighted by Gasteiger charge is 2.23. The average molecular weight is 317 g/mol. The number of carbonyl (C=O) groups is 1. The summed E-state index contributed by atoms with van der Waals surface area (Å²) in [5.74, 6) is 0.903. The number of likely N-dealkylation sites (tertiary alicyclic amines) is 1. The largest absolute Gasteiger partial charge is 0.365 e. The lowest BCUT2D eigenvalue weighted by Crippen LogP contribution is -2.44. The van der Waals surface area contributed by atoms with Crippen molar-refractivity contribution in [3.05, 3.63) is 30.1 Å². The Hall–Kier alpha value is -2.02. The lowest BCUT2D eigenvalue weighted by atomic mass is 10.1. The molecule has 0 saturated carbocycles. The number of hydrogen-bond acceptors (Lipinski definition) is 5. The topological polar surface area (TPSA) is 73.9 Å². The van der Waals surface area contributed by atoms with E-state index >= 15 is 0 Å². The summed E-state index contributed by atoms with van der Waals surface area (Å²) in [6, 6.07) is 2.18. The summed E-state index contributed by atoms with van der Waals surface area (Å²) in [5, 5.41) is 6.26. The molecule has 2 aromatic rings. The minimum absolute atomic E-state index is 0.0790. The molecule has 3 heterocycles. The number of fused-ring (bicyclic) bond motifs is 1. The van der Waals surface area contributed by atoms with Crippen LogP contribution >= 0.6 is 11.8 Å². The molecule has 6 nitrogen and oxygen atoms in total. The van der Waals surface area contributed by atoms with Gasteiger partial charge in [0.2, 0.25) is 5.91 Å². The molecule has 1 amide bonds. The molecule has 0 unspecified atom stereocenters. The molecule has 1 saturated heterocycles. The Morgan fingerprint density at radius 3 is 3.32 bits per heavy atom. The second-order valence-corrected chi connectivity index (χ2v) is 6.01. The fourth-order valence-electron chi connectivity index (χ4n) is 2.71. The van der Waals surface area contributed by atoms with Crippen LogP contribution in [0.15, 0.2) is 30.1 Å². The van der Waals surface area contributed by atoms with Gasteiger partial charge in [0.1, 0.15) is 17.8 Å². The summed E-state index contributed by atoms with van der Waals surface area (Å²) in [4.78, 5) is 25.6. The van der Waals surface area contributed by atoms with Crippen LogP contribution in [0.5, 0.6) is 0 Å². The van der Waals surface area contributed by atoms with Crippen LogP contribution in [0.25, 0.3) is 11.0 Å². The third kappa shape index (κ3) is 3.24. The zero-order valence-electron chi connectivity index (χ0n) is 12.5.